The van der Waals surface area contributed by atoms with Crippen LogP contribution in [-0.4, -0.2) is 25.1 Å². The van der Waals surface area contributed by atoms with Crippen molar-refractivity contribution in [3.63, 3.8) is 0 Å². The second-order valence-electron chi connectivity index (χ2n) is 3.22. The number of hydrogen-bond acceptors (Lipinski definition) is 4. The molecule has 1 aromatic carbocycles. The largest absolute Gasteiger partial charge is 0.469 e. The normalized spacial score (nSPS) is 9.81. The van der Waals surface area contributed by atoms with Crippen LogP contribution in [0.25, 0.3) is 0 Å². The fourth-order valence-electron chi connectivity index (χ4n) is 1.19. The van der Waals surface area contributed by atoms with E-state index in [1.807, 2.05) is 18.2 Å². The van der Waals surface area contributed by atoms with Crippen LogP contribution >= 0.6 is 11.8 Å². The number of aldehydes is 1. The van der Waals surface area contributed by atoms with Gasteiger partial charge < -0.3 is 4.74 Å². The van der Waals surface area contributed by atoms with E-state index in [1.54, 1.807) is 17.8 Å². The van der Waals surface area contributed by atoms with Crippen molar-refractivity contribution in [2.24, 2.45) is 0 Å². The van der Waals surface area contributed by atoms with E-state index in [0.29, 0.717) is 12.0 Å². The van der Waals surface area contributed by atoms with Gasteiger partial charge in [-0.25, -0.2) is 0 Å². The van der Waals surface area contributed by atoms with Gasteiger partial charge >= 0.3 is 5.97 Å². The number of thioether (sulfide) groups is 1. The number of methoxy groups -OCH3 is 1. The molecule has 4 heteroatoms. The first-order valence-electron chi connectivity index (χ1n) is 5.01. The van der Waals surface area contributed by atoms with Gasteiger partial charge in [-0.3, -0.25) is 9.59 Å². The molecule has 0 aliphatic carbocycles. The predicted molar refractivity (Wildman–Crippen MR) is 63.8 cm³/mol. The summed E-state index contributed by atoms with van der Waals surface area (Å²) in [6.45, 7) is 0. The zero-order valence-electron chi connectivity index (χ0n) is 9.14. The zero-order valence-corrected chi connectivity index (χ0v) is 9.96. The van der Waals surface area contributed by atoms with Crippen LogP contribution in [-0.2, 0) is 9.53 Å². The van der Waals surface area contributed by atoms with Crippen molar-refractivity contribution in [1.82, 2.24) is 0 Å². The first-order chi connectivity index (χ1) is 7.76. The molecule has 3 nitrogen and oxygen atoms in total. The quantitative estimate of drug-likeness (QED) is 0.330. The molecule has 0 aliphatic rings. The molecule has 0 atom stereocenters. The molecule has 0 aliphatic heterocycles. The summed E-state index contributed by atoms with van der Waals surface area (Å²) in [5.41, 5.74) is 0.679. The van der Waals surface area contributed by atoms with Crippen LogP contribution in [0, 0.1) is 0 Å². The van der Waals surface area contributed by atoms with E-state index in [4.69, 9.17) is 0 Å². The lowest BCUT2D eigenvalue weighted by molar-refractivity contribution is -0.140. The Labute approximate surface area is 99.2 Å². The lowest BCUT2D eigenvalue weighted by atomic mass is 10.2. The van der Waals surface area contributed by atoms with Gasteiger partial charge in [-0.15, -0.1) is 11.8 Å². The monoisotopic (exact) mass is 238 g/mol. The molecule has 0 bridgehead atoms. The number of benzene rings is 1. The third kappa shape index (κ3) is 4.49. The summed E-state index contributed by atoms with van der Waals surface area (Å²) in [6, 6.07) is 7.42. The van der Waals surface area contributed by atoms with Crippen molar-refractivity contribution in [2.75, 3.05) is 12.9 Å². The molecule has 0 spiro atoms. The number of ether oxygens (including phenoxy) is 1. The number of esters is 1. The second-order valence-corrected chi connectivity index (χ2v) is 4.39. The molecule has 0 radical (unpaired) electrons. The van der Waals surface area contributed by atoms with Crippen LogP contribution in [0.1, 0.15) is 23.2 Å². The molecule has 1 aromatic rings. The maximum Gasteiger partial charge on any atom is 0.305 e. The topological polar surface area (TPSA) is 43.4 Å². The average Bonchev–Trinajstić information content (AvgIpc) is 2.34. The molecule has 0 fully saturated rings. The third-order valence-electron chi connectivity index (χ3n) is 2.02. The van der Waals surface area contributed by atoms with Crippen LogP contribution in [0.4, 0.5) is 0 Å². The average molecular weight is 238 g/mol. The Balaban J connectivity index is 2.31. The Bertz CT molecular complexity index is 363. The number of hydrogen-bond donors (Lipinski definition) is 0. The van der Waals surface area contributed by atoms with Crippen molar-refractivity contribution in [3.8, 4) is 0 Å². The standard InChI is InChI=1S/C12H14O3S/c1-15-12(14)6-3-7-16-11-5-2-4-10(8-11)9-13/h2,4-5,8-9H,3,6-7H2,1H3. The lowest BCUT2D eigenvalue weighted by Gasteiger charge is -2.01. The molecule has 16 heavy (non-hydrogen) atoms. The minimum atomic E-state index is -0.178. The van der Waals surface area contributed by atoms with Crippen LogP contribution in [0.3, 0.4) is 0 Å². The Morgan fingerprint density at radius 3 is 3.00 bits per heavy atom. The van der Waals surface area contributed by atoms with Gasteiger partial charge in [0.1, 0.15) is 6.29 Å². The summed E-state index contributed by atoms with van der Waals surface area (Å²) < 4.78 is 4.54. The van der Waals surface area contributed by atoms with Crippen LogP contribution in [0.15, 0.2) is 29.2 Å². The zero-order chi connectivity index (χ0) is 11.8. The van der Waals surface area contributed by atoms with Gasteiger partial charge in [-0.1, -0.05) is 12.1 Å². The van der Waals surface area contributed by atoms with Crippen LogP contribution < -0.4 is 0 Å². The van der Waals surface area contributed by atoms with Crippen molar-refractivity contribution in [2.45, 2.75) is 17.7 Å². The Morgan fingerprint density at radius 1 is 1.50 bits per heavy atom. The maximum absolute atomic E-state index is 10.8. The highest BCUT2D eigenvalue weighted by Crippen LogP contribution is 2.19. The van der Waals surface area contributed by atoms with Crippen molar-refractivity contribution >= 4 is 24.0 Å². The Morgan fingerprint density at radius 2 is 2.31 bits per heavy atom. The first-order valence-corrected chi connectivity index (χ1v) is 5.99. The van der Waals surface area contributed by atoms with E-state index in [-0.39, 0.29) is 5.97 Å². The van der Waals surface area contributed by atoms with Gasteiger partial charge in [0.2, 0.25) is 0 Å². The molecule has 86 valence electrons. The highest BCUT2D eigenvalue weighted by atomic mass is 32.2. The summed E-state index contributed by atoms with van der Waals surface area (Å²) >= 11 is 1.64. The first kappa shape index (κ1) is 12.8. The highest BCUT2D eigenvalue weighted by Gasteiger charge is 2.00. The molecule has 0 heterocycles. The van der Waals surface area contributed by atoms with Gasteiger partial charge in [0.25, 0.3) is 0 Å². The summed E-state index contributed by atoms with van der Waals surface area (Å²) in [5.74, 6) is 0.666. The molecule has 0 unspecified atom stereocenters. The molecule has 0 aromatic heterocycles. The van der Waals surface area contributed by atoms with Gasteiger partial charge in [-0.05, 0) is 24.3 Å². The number of carbonyl (C=O) groups excluding carboxylic acids is 2. The van der Waals surface area contributed by atoms with E-state index in [0.717, 1.165) is 23.4 Å². The Hall–Kier alpha value is -1.29. The molecule has 0 N–H and O–H groups in total. The minimum absolute atomic E-state index is 0.178. The molecule has 0 amide bonds. The fraction of sp³-hybridized carbons (Fsp3) is 0.333. The summed E-state index contributed by atoms with van der Waals surface area (Å²) in [4.78, 5) is 22.4. The van der Waals surface area contributed by atoms with Crippen molar-refractivity contribution < 1.29 is 14.3 Å². The molecular formula is C12H14O3S. The van der Waals surface area contributed by atoms with E-state index in [2.05, 4.69) is 4.74 Å². The van der Waals surface area contributed by atoms with Gasteiger partial charge in [0.05, 0.1) is 7.11 Å². The molecule has 0 saturated heterocycles. The van der Waals surface area contributed by atoms with Gasteiger partial charge in [0, 0.05) is 16.9 Å². The van der Waals surface area contributed by atoms with Crippen LogP contribution in [0.5, 0.6) is 0 Å². The van der Waals surface area contributed by atoms with Crippen LogP contribution in [0.2, 0.25) is 0 Å². The van der Waals surface area contributed by atoms with E-state index >= 15 is 0 Å². The number of rotatable bonds is 6. The third-order valence-corrected chi connectivity index (χ3v) is 3.10. The van der Waals surface area contributed by atoms with E-state index < -0.39 is 0 Å². The lowest BCUT2D eigenvalue weighted by Crippen LogP contribution is -1.99. The Kier molecular flexibility index (Phi) is 5.64. The van der Waals surface area contributed by atoms with Crippen molar-refractivity contribution in [1.29, 1.82) is 0 Å². The summed E-state index contributed by atoms with van der Waals surface area (Å²) in [6.07, 6.45) is 2.05. The maximum atomic E-state index is 10.8. The summed E-state index contributed by atoms with van der Waals surface area (Å²) in [7, 11) is 1.39. The van der Waals surface area contributed by atoms with Gasteiger partial charge in [-0.2, -0.15) is 0 Å². The second kappa shape index (κ2) is 7.06. The fourth-order valence-corrected chi connectivity index (χ4v) is 2.10. The minimum Gasteiger partial charge on any atom is -0.469 e. The smallest absolute Gasteiger partial charge is 0.305 e. The number of carbonyl (C=O) groups is 2. The van der Waals surface area contributed by atoms with Gasteiger partial charge in [0.15, 0.2) is 0 Å². The van der Waals surface area contributed by atoms with Crippen molar-refractivity contribution in [3.05, 3.63) is 29.8 Å². The van der Waals surface area contributed by atoms with E-state index in [9.17, 15) is 9.59 Å². The summed E-state index contributed by atoms with van der Waals surface area (Å²) in [5, 5.41) is 0. The van der Waals surface area contributed by atoms with E-state index in [1.165, 1.54) is 7.11 Å². The highest BCUT2D eigenvalue weighted by molar-refractivity contribution is 7.99. The molecular weight excluding hydrogens is 224 g/mol. The predicted octanol–water partition coefficient (Wildman–Crippen LogP) is 2.54. The molecule has 1 rings (SSSR count). The molecule has 0 saturated carbocycles. The SMILES string of the molecule is COC(=O)CCCSc1cccc(C=O)c1.